The highest BCUT2D eigenvalue weighted by Gasteiger charge is 2.04. The number of rotatable bonds is 9. The monoisotopic (exact) mass is 502 g/mol. The minimum Gasteiger partial charge on any atom is -0.494 e. The lowest BCUT2D eigenvalue weighted by Gasteiger charge is -2.11. The average molecular weight is 502 g/mol. The highest BCUT2D eigenvalue weighted by Crippen LogP contribution is 2.16. The minimum absolute atomic E-state index is 0. The Hall–Kier alpha value is -1.35. The van der Waals surface area contributed by atoms with Crippen LogP contribution in [0.3, 0.4) is 0 Å². The normalized spacial score (nSPS) is 11.0. The van der Waals surface area contributed by atoms with Crippen LogP contribution in [0.4, 0.5) is 0 Å². The van der Waals surface area contributed by atoms with E-state index in [0.717, 1.165) is 54.9 Å². The molecule has 2 rings (SSSR count). The Morgan fingerprint density at radius 3 is 2.67 bits per heavy atom. The molecule has 0 saturated heterocycles. The molecule has 0 aliphatic carbocycles. The van der Waals surface area contributed by atoms with Gasteiger partial charge in [-0.1, -0.05) is 12.1 Å². The van der Waals surface area contributed by atoms with Gasteiger partial charge in [-0.2, -0.15) is 0 Å². The number of nitrogens with zero attached hydrogens (tertiary/aromatic N) is 2. The van der Waals surface area contributed by atoms with Gasteiger partial charge in [0.15, 0.2) is 5.96 Å². The van der Waals surface area contributed by atoms with Crippen molar-refractivity contribution in [3.8, 4) is 5.75 Å². The van der Waals surface area contributed by atoms with E-state index >= 15 is 0 Å². The molecule has 27 heavy (non-hydrogen) atoms. The van der Waals surface area contributed by atoms with Crippen molar-refractivity contribution in [3.63, 3.8) is 0 Å². The van der Waals surface area contributed by atoms with Crippen LogP contribution in [0.5, 0.6) is 5.75 Å². The minimum atomic E-state index is 0. The summed E-state index contributed by atoms with van der Waals surface area (Å²) in [5.74, 6) is 1.79. The van der Waals surface area contributed by atoms with E-state index in [1.165, 1.54) is 10.4 Å². The van der Waals surface area contributed by atoms with Crippen molar-refractivity contribution in [1.82, 2.24) is 15.6 Å². The first kappa shape index (κ1) is 23.7. The third kappa shape index (κ3) is 8.47. The lowest BCUT2D eigenvalue weighted by molar-refractivity contribution is 0.340. The summed E-state index contributed by atoms with van der Waals surface area (Å²) >= 11 is 1.77. The van der Waals surface area contributed by atoms with Crippen molar-refractivity contribution < 1.29 is 4.74 Å². The van der Waals surface area contributed by atoms with Gasteiger partial charge in [0, 0.05) is 30.9 Å². The molecule has 0 bridgehead atoms. The van der Waals surface area contributed by atoms with Gasteiger partial charge in [-0.25, -0.2) is 4.98 Å². The molecule has 1 aromatic heterocycles. The van der Waals surface area contributed by atoms with E-state index in [9.17, 15) is 0 Å². The largest absolute Gasteiger partial charge is 0.494 e. The van der Waals surface area contributed by atoms with E-state index in [0.29, 0.717) is 6.61 Å². The molecular weight excluding hydrogens is 471 g/mol. The summed E-state index contributed by atoms with van der Waals surface area (Å²) in [6, 6.07) is 8.26. The van der Waals surface area contributed by atoms with E-state index in [4.69, 9.17) is 4.74 Å². The average Bonchev–Trinajstić information content (AvgIpc) is 2.93. The van der Waals surface area contributed by atoms with Gasteiger partial charge in [0.2, 0.25) is 0 Å². The van der Waals surface area contributed by atoms with E-state index in [2.05, 4.69) is 53.5 Å². The van der Waals surface area contributed by atoms with Gasteiger partial charge in [0.05, 0.1) is 17.3 Å². The van der Waals surface area contributed by atoms with Crippen LogP contribution < -0.4 is 15.4 Å². The predicted octanol–water partition coefficient (Wildman–Crippen LogP) is 4.12. The quantitative estimate of drug-likeness (QED) is 0.308. The van der Waals surface area contributed by atoms with Crippen molar-refractivity contribution in [1.29, 1.82) is 0 Å². The SMILES string of the molecule is CCNC(=NCCc1nc(C)c(C)s1)NCCc1cccc(OCC)c1.I. The maximum atomic E-state index is 5.56. The second-order valence-electron chi connectivity index (χ2n) is 6.02. The van der Waals surface area contributed by atoms with Crippen LogP contribution in [0.1, 0.15) is 35.0 Å². The fourth-order valence-corrected chi connectivity index (χ4v) is 3.46. The molecule has 0 saturated carbocycles. The lowest BCUT2D eigenvalue weighted by atomic mass is 10.1. The topological polar surface area (TPSA) is 58.5 Å². The first-order chi connectivity index (χ1) is 12.6. The predicted molar refractivity (Wildman–Crippen MR) is 126 cm³/mol. The molecule has 2 aromatic rings. The molecule has 0 aliphatic heterocycles. The van der Waals surface area contributed by atoms with Gasteiger partial charge in [-0.3, -0.25) is 4.99 Å². The zero-order chi connectivity index (χ0) is 18.8. The number of ether oxygens (including phenoxy) is 1. The first-order valence-corrected chi connectivity index (χ1v) is 10.1. The molecule has 0 radical (unpaired) electrons. The van der Waals surface area contributed by atoms with Crippen LogP contribution in [0.25, 0.3) is 0 Å². The van der Waals surface area contributed by atoms with Crippen molar-refractivity contribution in [3.05, 3.63) is 45.4 Å². The van der Waals surface area contributed by atoms with Gasteiger partial charge < -0.3 is 15.4 Å². The molecule has 1 aromatic carbocycles. The molecule has 0 unspecified atom stereocenters. The number of hydrogen-bond donors (Lipinski definition) is 2. The highest BCUT2D eigenvalue weighted by atomic mass is 127. The fraction of sp³-hybridized carbons (Fsp3) is 0.500. The smallest absolute Gasteiger partial charge is 0.191 e. The molecular formula is C20H31IN4OS. The van der Waals surface area contributed by atoms with Crippen LogP contribution in [0, 0.1) is 13.8 Å². The van der Waals surface area contributed by atoms with Crippen LogP contribution in [-0.4, -0.2) is 37.2 Å². The molecule has 0 fully saturated rings. The summed E-state index contributed by atoms with van der Waals surface area (Å²) in [5.41, 5.74) is 2.39. The molecule has 150 valence electrons. The Labute approximate surface area is 184 Å². The number of halogens is 1. The first-order valence-electron chi connectivity index (χ1n) is 9.29. The van der Waals surface area contributed by atoms with Crippen LogP contribution in [-0.2, 0) is 12.8 Å². The second-order valence-corrected chi connectivity index (χ2v) is 7.30. The van der Waals surface area contributed by atoms with E-state index < -0.39 is 0 Å². The third-order valence-corrected chi connectivity index (χ3v) is 5.06. The number of thiazole rings is 1. The summed E-state index contributed by atoms with van der Waals surface area (Å²) in [5, 5.41) is 7.86. The van der Waals surface area contributed by atoms with Gasteiger partial charge in [0.25, 0.3) is 0 Å². The number of aromatic nitrogens is 1. The highest BCUT2D eigenvalue weighted by molar-refractivity contribution is 14.0. The summed E-state index contributed by atoms with van der Waals surface area (Å²) < 4.78 is 5.56. The third-order valence-electron chi connectivity index (χ3n) is 3.93. The molecule has 0 atom stereocenters. The van der Waals surface area contributed by atoms with Crippen molar-refractivity contribution >= 4 is 41.3 Å². The molecule has 7 heteroatoms. The lowest BCUT2D eigenvalue weighted by Crippen LogP contribution is -2.38. The molecule has 2 N–H and O–H groups in total. The number of benzene rings is 1. The van der Waals surface area contributed by atoms with E-state index in [1.807, 2.05) is 19.1 Å². The Kier molecular flexibility index (Phi) is 11.3. The molecule has 0 aliphatic rings. The Balaban J connectivity index is 0.00000364. The zero-order valence-corrected chi connectivity index (χ0v) is 19.8. The zero-order valence-electron chi connectivity index (χ0n) is 16.7. The van der Waals surface area contributed by atoms with Crippen LogP contribution >= 0.6 is 35.3 Å². The number of aryl methyl sites for hydroxylation is 2. The number of hydrogen-bond acceptors (Lipinski definition) is 4. The standard InChI is InChI=1S/C20H30N4OS.HI/c1-5-21-20(23-13-11-19-24-15(3)16(4)26-19)22-12-10-17-8-7-9-18(14-17)25-6-2;/h7-9,14H,5-6,10-13H2,1-4H3,(H2,21,22,23);1H. The fourth-order valence-electron chi connectivity index (χ4n) is 2.53. The number of guanidine groups is 1. The Morgan fingerprint density at radius 1 is 1.19 bits per heavy atom. The Bertz CT molecular complexity index is 698. The number of aliphatic imine (C=N–C) groups is 1. The number of nitrogens with one attached hydrogen (secondary N) is 2. The molecule has 1 heterocycles. The molecule has 0 amide bonds. The second kappa shape index (κ2) is 12.9. The molecule has 5 nitrogen and oxygen atoms in total. The maximum Gasteiger partial charge on any atom is 0.191 e. The van der Waals surface area contributed by atoms with Crippen molar-refractivity contribution in [2.75, 3.05) is 26.2 Å². The maximum absolute atomic E-state index is 5.56. The summed E-state index contributed by atoms with van der Waals surface area (Å²) in [6.45, 7) is 11.4. The van der Waals surface area contributed by atoms with E-state index in [-0.39, 0.29) is 24.0 Å². The Morgan fingerprint density at radius 2 is 2.00 bits per heavy atom. The van der Waals surface area contributed by atoms with Crippen molar-refractivity contribution in [2.45, 2.75) is 40.5 Å². The van der Waals surface area contributed by atoms with Crippen LogP contribution in [0.2, 0.25) is 0 Å². The van der Waals surface area contributed by atoms with E-state index in [1.54, 1.807) is 11.3 Å². The van der Waals surface area contributed by atoms with Gasteiger partial charge in [-0.15, -0.1) is 35.3 Å². The van der Waals surface area contributed by atoms with Gasteiger partial charge in [-0.05, 0) is 51.8 Å². The van der Waals surface area contributed by atoms with Crippen LogP contribution in [0.15, 0.2) is 29.3 Å². The summed E-state index contributed by atoms with van der Waals surface area (Å²) in [6.07, 6.45) is 1.81. The van der Waals surface area contributed by atoms with Gasteiger partial charge in [0.1, 0.15) is 5.75 Å². The van der Waals surface area contributed by atoms with Crippen molar-refractivity contribution in [2.24, 2.45) is 4.99 Å². The molecule has 0 spiro atoms. The summed E-state index contributed by atoms with van der Waals surface area (Å²) in [7, 11) is 0. The van der Waals surface area contributed by atoms with Gasteiger partial charge >= 0.3 is 0 Å². The summed E-state index contributed by atoms with van der Waals surface area (Å²) in [4.78, 5) is 10.5.